The molecule has 0 aliphatic carbocycles. The first-order chi connectivity index (χ1) is 5.20. The first kappa shape index (κ1) is 8.62. The van der Waals surface area contributed by atoms with Gasteiger partial charge in [-0.1, -0.05) is 18.2 Å². The number of hydrogen-bond donors (Lipinski definition) is 1. The van der Waals surface area contributed by atoms with Crippen LogP contribution < -0.4 is 0 Å². The lowest BCUT2D eigenvalue weighted by Gasteiger charge is -1.98. The van der Waals surface area contributed by atoms with E-state index in [0.717, 1.165) is 10.5 Å². The Bertz CT molecular complexity index is 273. The second kappa shape index (κ2) is 3.79. The molecule has 0 saturated carbocycles. The minimum Gasteiger partial charge on any atom is -0.281 e. The summed E-state index contributed by atoms with van der Waals surface area (Å²) in [5.74, 6) is 0. The van der Waals surface area contributed by atoms with Crippen molar-refractivity contribution in [2.75, 3.05) is 0 Å². The number of halogens is 1. The molecule has 11 heavy (non-hydrogen) atoms. The van der Waals surface area contributed by atoms with E-state index >= 15 is 0 Å². The maximum Gasteiger partial charge on any atom is 0.226 e. The van der Waals surface area contributed by atoms with E-state index in [9.17, 15) is 4.79 Å². The maximum absolute atomic E-state index is 10.5. The monoisotopic (exact) mass is 186 g/mol. The van der Waals surface area contributed by atoms with E-state index in [2.05, 4.69) is 12.6 Å². The van der Waals surface area contributed by atoms with Crippen molar-refractivity contribution in [1.29, 1.82) is 0 Å². The van der Waals surface area contributed by atoms with Crippen molar-refractivity contribution in [3.8, 4) is 0 Å². The molecule has 0 bridgehead atoms. The summed E-state index contributed by atoms with van der Waals surface area (Å²) in [6.07, 6.45) is 0.251. The molecule has 0 fully saturated rings. The average molecular weight is 187 g/mol. The molecule has 0 aliphatic heterocycles. The lowest BCUT2D eigenvalue weighted by Crippen LogP contribution is -1.93. The van der Waals surface area contributed by atoms with Crippen LogP contribution >= 0.6 is 24.2 Å². The van der Waals surface area contributed by atoms with Gasteiger partial charge in [0.05, 0.1) is 0 Å². The van der Waals surface area contributed by atoms with Gasteiger partial charge in [-0.15, -0.1) is 12.6 Å². The van der Waals surface area contributed by atoms with E-state index < -0.39 is 0 Å². The van der Waals surface area contributed by atoms with E-state index in [-0.39, 0.29) is 11.7 Å². The topological polar surface area (TPSA) is 17.1 Å². The molecule has 0 aliphatic rings. The van der Waals surface area contributed by atoms with E-state index in [1.165, 1.54) is 0 Å². The van der Waals surface area contributed by atoms with Crippen molar-refractivity contribution in [2.45, 2.75) is 11.3 Å². The number of hydrogen-bond acceptors (Lipinski definition) is 2. The predicted octanol–water partition coefficient (Wildman–Crippen LogP) is 2.28. The second-order valence-corrected chi connectivity index (χ2v) is 3.06. The Morgan fingerprint density at radius 3 is 2.64 bits per heavy atom. The molecule has 0 N–H and O–H groups in total. The van der Waals surface area contributed by atoms with Crippen LogP contribution in [0.25, 0.3) is 0 Å². The summed E-state index contributed by atoms with van der Waals surface area (Å²) >= 11 is 9.37. The molecule has 0 atom stereocenters. The fourth-order valence-electron chi connectivity index (χ4n) is 0.810. The van der Waals surface area contributed by atoms with Gasteiger partial charge in [0.25, 0.3) is 0 Å². The van der Waals surface area contributed by atoms with E-state index in [1.807, 2.05) is 24.3 Å². The molecule has 0 saturated heterocycles. The highest BCUT2D eigenvalue weighted by atomic mass is 35.5. The highest BCUT2D eigenvalue weighted by Gasteiger charge is 2.01. The summed E-state index contributed by atoms with van der Waals surface area (Å²) in [6, 6.07) is 7.39. The van der Waals surface area contributed by atoms with Gasteiger partial charge in [0, 0.05) is 11.3 Å². The SMILES string of the molecule is O=C(Cl)Cc1ccccc1S. The lowest BCUT2D eigenvalue weighted by atomic mass is 10.2. The molecular weight excluding hydrogens is 180 g/mol. The van der Waals surface area contributed by atoms with Crippen LogP contribution in [0.1, 0.15) is 5.56 Å². The van der Waals surface area contributed by atoms with Crippen LogP contribution in [-0.4, -0.2) is 5.24 Å². The van der Waals surface area contributed by atoms with Crippen molar-refractivity contribution in [2.24, 2.45) is 0 Å². The fourth-order valence-corrected chi connectivity index (χ4v) is 1.19. The number of carbonyl (C=O) groups excluding carboxylic acids is 1. The zero-order valence-electron chi connectivity index (χ0n) is 5.75. The molecule has 0 unspecified atom stereocenters. The van der Waals surface area contributed by atoms with Crippen LogP contribution in [0.15, 0.2) is 29.2 Å². The molecular formula is C8H7ClOS. The Kier molecular flexibility index (Phi) is 2.97. The summed E-state index contributed by atoms with van der Waals surface area (Å²) in [5.41, 5.74) is 0.871. The van der Waals surface area contributed by atoms with Gasteiger partial charge in [0.15, 0.2) is 0 Å². The lowest BCUT2D eigenvalue weighted by molar-refractivity contribution is -0.111. The minimum atomic E-state index is -0.355. The van der Waals surface area contributed by atoms with Gasteiger partial charge in [-0.25, -0.2) is 0 Å². The Morgan fingerprint density at radius 1 is 1.45 bits per heavy atom. The van der Waals surface area contributed by atoms with Crippen LogP contribution in [0.3, 0.4) is 0 Å². The molecule has 58 valence electrons. The van der Waals surface area contributed by atoms with Crippen LogP contribution in [0.2, 0.25) is 0 Å². The predicted molar refractivity (Wildman–Crippen MR) is 48.3 cm³/mol. The highest BCUT2D eigenvalue weighted by molar-refractivity contribution is 7.80. The minimum absolute atomic E-state index is 0.251. The summed E-state index contributed by atoms with van der Waals surface area (Å²) in [6.45, 7) is 0. The summed E-state index contributed by atoms with van der Waals surface area (Å²) in [5, 5.41) is -0.355. The molecule has 0 amide bonds. The molecule has 1 aromatic rings. The van der Waals surface area contributed by atoms with Crippen LogP contribution in [-0.2, 0) is 11.2 Å². The normalized spacial score (nSPS) is 9.64. The highest BCUT2D eigenvalue weighted by Crippen LogP contribution is 2.13. The van der Waals surface area contributed by atoms with Gasteiger partial charge in [0.1, 0.15) is 0 Å². The van der Waals surface area contributed by atoms with Crippen molar-refractivity contribution in [1.82, 2.24) is 0 Å². The first-order valence-corrected chi connectivity index (χ1v) is 3.98. The first-order valence-electron chi connectivity index (χ1n) is 3.15. The van der Waals surface area contributed by atoms with Gasteiger partial charge in [-0.05, 0) is 23.2 Å². The van der Waals surface area contributed by atoms with Crippen molar-refractivity contribution >= 4 is 29.5 Å². The number of benzene rings is 1. The number of rotatable bonds is 2. The van der Waals surface area contributed by atoms with Gasteiger partial charge in [0.2, 0.25) is 5.24 Å². The zero-order chi connectivity index (χ0) is 8.27. The average Bonchev–Trinajstić information content (AvgIpc) is 1.93. The Hall–Kier alpha value is -0.470. The smallest absolute Gasteiger partial charge is 0.226 e. The number of thiol groups is 1. The molecule has 1 nitrogen and oxygen atoms in total. The Balaban J connectivity index is 2.86. The van der Waals surface area contributed by atoms with Crippen LogP contribution in [0, 0.1) is 0 Å². The largest absolute Gasteiger partial charge is 0.281 e. The van der Waals surface area contributed by atoms with E-state index in [0.29, 0.717) is 0 Å². The zero-order valence-corrected chi connectivity index (χ0v) is 7.40. The van der Waals surface area contributed by atoms with Gasteiger partial charge in [-0.2, -0.15) is 0 Å². The third-order valence-electron chi connectivity index (χ3n) is 1.32. The van der Waals surface area contributed by atoms with Crippen LogP contribution in [0.4, 0.5) is 0 Å². The third-order valence-corrected chi connectivity index (χ3v) is 1.89. The molecule has 3 heteroatoms. The summed E-state index contributed by atoms with van der Waals surface area (Å²) in [7, 11) is 0. The molecule has 0 heterocycles. The van der Waals surface area contributed by atoms with Gasteiger partial charge in [-0.3, -0.25) is 4.79 Å². The van der Waals surface area contributed by atoms with E-state index in [1.54, 1.807) is 0 Å². The van der Waals surface area contributed by atoms with Crippen molar-refractivity contribution in [3.63, 3.8) is 0 Å². The summed E-state index contributed by atoms with van der Waals surface area (Å²) in [4.78, 5) is 11.3. The van der Waals surface area contributed by atoms with Crippen LogP contribution in [0.5, 0.6) is 0 Å². The quantitative estimate of drug-likeness (QED) is 0.554. The molecule has 0 spiro atoms. The maximum atomic E-state index is 10.5. The standard InChI is InChI=1S/C8H7ClOS/c9-8(10)5-6-3-1-2-4-7(6)11/h1-4,11H,5H2. The van der Waals surface area contributed by atoms with Crippen molar-refractivity contribution < 1.29 is 4.79 Å². The van der Waals surface area contributed by atoms with E-state index in [4.69, 9.17) is 11.6 Å². The Morgan fingerprint density at radius 2 is 2.09 bits per heavy atom. The van der Waals surface area contributed by atoms with Gasteiger partial charge < -0.3 is 0 Å². The second-order valence-electron chi connectivity index (χ2n) is 2.16. The van der Waals surface area contributed by atoms with Gasteiger partial charge >= 0.3 is 0 Å². The molecule has 0 radical (unpaired) electrons. The molecule has 0 aromatic heterocycles. The molecule has 1 aromatic carbocycles. The Labute approximate surface area is 75.8 Å². The molecule has 1 rings (SSSR count). The third kappa shape index (κ3) is 2.56. The number of carbonyl (C=O) groups is 1. The fraction of sp³-hybridized carbons (Fsp3) is 0.125. The van der Waals surface area contributed by atoms with Crippen molar-refractivity contribution in [3.05, 3.63) is 29.8 Å². The summed E-state index contributed by atoms with van der Waals surface area (Å²) < 4.78 is 0.